The smallest absolute Gasteiger partial charge is 0.134 e. The second-order valence-electron chi connectivity index (χ2n) is 5.63. The lowest BCUT2D eigenvalue weighted by atomic mass is 9.79. The number of aromatic hydroxyl groups is 1. The third kappa shape index (κ3) is 2.88. The molecule has 2 aromatic carbocycles. The summed E-state index contributed by atoms with van der Waals surface area (Å²) in [6.07, 6.45) is 1.59. The fourth-order valence-electron chi connectivity index (χ4n) is 3.04. The summed E-state index contributed by atoms with van der Waals surface area (Å²) in [5.74, 6) is 0.275. The number of aryl methyl sites for hydroxylation is 1. The standard InChI is InChI=1S/C17H15Cl3O/c1-9-4-11-6-12(10-2-3-17(21)16(20)7-10)15(19)8-13(11)14(18)5-9/h2-5,7,12,15,21H,6,8H2,1H3/t12-,15?/m1/s1. The van der Waals surface area contributed by atoms with Crippen molar-refractivity contribution in [3.8, 4) is 5.75 Å². The molecule has 4 heteroatoms. The van der Waals surface area contributed by atoms with E-state index in [-0.39, 0.29) is 17.0 Å². The number of rotatable bonds is 1. The minimum atomic E-state index is -0.0293. The molecule has 21 heavy (non-hydrogen) atoms. The molecule has 2 atom stereocenters. The molecule has 0 heterocycles. The molecule has 0 saturated carbocycles. The highest BCUT2D eigenvalue weighted by atomic mass is 35.5. The van der Waals surface area contributed by atoms with Crippen LogP contribution in [0.1, 0.15) is 28.2 Å². The largest absolute Gasteiger partial charge is 0.506 e. The Morgan fingerprint density at radius 3 is 2.52 bits per heavy atom. The lowest BCUT2D eigenvalue weighted by Gasteiger charge is -2.30. The molecule has 1 unspecified atom stereocenters. The van der Waals surface area contributed by atoms with Crippen LogP contribution in [0.3, 0.4) is 0 Å². The average Bonchev–Trinajstić information content (AvgIpc) is 2.42. The third-order valence-corrected chi connectivity index (χ3v) is 5.21. The second-order valence-corrected chi connectivity index (χ2v) is 7.00. The van der Waals surface area contributed by atoms with E-state index in [4.69, 9.17) is 34.8 Å². The molecule has 1 nitrogen and oxygen atoms in total. The van der Waals surface area contributed by atoms with Gasteiger partial charge in [0.1, 0.15) is 5.75 Å². The molecule has 1 aliphatic carbocycles. The molecule has 0 spiro atoms. The quantitative estimate of drug-likeness (QED) is 0.679. The van der Waals surface area contributed by atoms with E-state index in [1.54, 1.807) is 12.1 Å². The van der Waals surface area contributed by atoms with E-state index in [1.807, 2.05) is 19.1 Å². The van der Waals surface area contributed by atoms with Crippen LogP contribution in [0.25, 0.3) is 0 Å². The van der Waals surface area contributed by atoms with E-state index in [0.717, 1.165) is 34.6 Å². The summed E-state index contributed by atoms with van der Waals surface area (Å²) < 4.78 is 0. The fraction of sp³-hybridized carbons (Fsp3) is 0.294. The molecule has 0 radical (unpaired) electrons. The van der Waals surface area contributed by atoms with Crippen molar-refractivity contribution in [2.45, 2.75) is 31.1 Å². The van der Waals surface area contributed by atoms with Gasteiger partial charge in [0.25, 0.3) is 0 Å². The summed E-state index contributed by atoms with van der Waals surface area (Å²) in [6.45, 7) is 2.05. The van der Waals surface area contributed by atoms with Gasteiger partial charge in [-0.3, -0.25) is 0 Å². The topological polar surface area (TPSA) is 20.2 Å². The average molecular weight is 342 g/mol. The summed E-state index contributed by atoms with van der Waals surface area (Å²) in [4.78, 5) is 0. The minimum Gasteiger partial charge on any atom is -0.506 e. The second kappa shape index (κ2) is 5.72. The molecule has 0 aliphatic heterocycles. The van der Waals surface area contributed by atoms with Gasteiger partial charge in [-0.15, -0.1) is 11.6 Å². The van der Waals surface area contributed by atoms with Gasteiger partial charge >= 0.3 is 0 Å². The molecule has 0 fully saturated rings. The highest BCUT2D eigenvalue weighted by Crippen LogP contribution is 2.40. The maximum atomic E-state index is 9.56. The van der Waals surface area contributed by atoms with Crippen molar-refractivity contribution in [2.75, 3.05) is 0 Å². The summed E-state index contributed by atoms with van der Waals surface area (Å²) in [6, 6.07) is 9.49. The molecule has 0 bridgehead atoms. The highest BCUT2D eigenvalue weighted by Gasteiger charge is 2.30. The Bertz CT molecular complexity index is 697. The van der Waals surface area contributed by atoms with Crippen LogP contribution in [-0.2, 0) is 12.8 Å². The van der Waals surface area contributed by atoms with Crippen LogP contribution >= 0.6 is 34.8 Å². The van der Waals surface area contributed by atoms with Gasteiger partial charge in [0, 0.05) is 16.3 Å². The van der Waals surface area contributed by atoms with Gasteiger partial charge < -0.3 is 5.11 Å². The first-order valence-corrected chi connectivity index (χ1v) is 8.05. The van der Waals surface area contributed by atoms with Crippen LogP contribution in [0.4, 0.5) is 0 Å². The predicted octanol–water partition coefficient (Wildman–Crippen LogP) is 5.50. The van der Waals surface area contributed by atoms with E-state index in [2.05, 4.69) is 6.07 Å². The first-order chi connectivity index (χ1) is 9.95. The van der Waals surface area contributed by atoms with Crippen LogP contribution in [0, 0.1) is 6.92 Å². The summed E-state index contributed by atoms with van der Waals surface area (Å²) in [5.41, 5.74) is 4.63. The molecular formula is C17H15Cl3O. The predicted molar refractivity (Wildman–Crippen MR) is 89.1 cm³/mol. The Hall–Kier alpha value is -0.890. The van der Waals surface area contributed by atoms with Crippen LogP contribution < -0.4 is 0 Å². The van der Waals surface area contributed by atoms with Crippen LogP contribution in [0.5, 0.6) is 5.75 Å². The zero-order valence-corrected chi connectivity index (χ0v) is 13.8. The Balaban J connectivity index is 2.00. The van der Waals surface area contributed by atoms with Gasteiger partial charge in [0.05, 0.1) is 5.02 Å². The fourth-order valence-corrected chi connectivity index (χ4v) is 3.99. The molecule has 110 valence electrons. The molecule has 0 saturated heterocycles. The SMILES string of the molecule is Cc1cc(Cl)c2c(c1)C[C@H](c1ccc(O)c(Cl)c1)C(Cl)C2. The van der Waals surface area contributed by atoms with Gasteiger partial charge in [0.2, 0.25) is 0 Å². The van der Waals surface area contributed by atoms with Gasteiger partial charge in [-0.2, -0.15) is 0 Å². The van der Waals surface area contributed by atoms with E-state index in [9.17, 15) is 5.11 Å². The molecule has 0 aromatic heterocycles. The first kappa shape index (κ1) is 15.0. The maximum absolute atomic E-state index is 9.56. The first-order valence-electron chi connectivity index (χ1n) is 6.86. The number of phenols is 1. The van der Waals surface area contributed by atoms with Gasteiger partial charge in [-0.05, 0) is 60.2 Å². The Morgan fingerprint density at radius 2 is 1.81 bits per heavy atom. The van der Waals surface area contributed by atoms with Crippen LogP contribution in [-0.4, -0.2) is 10.5 Å². The number of halogens is 3. The summed E-state index contributed by atoms with van der Waals surface area (Å²) >= 11 is 18.9. The number of benzene rings is 2. The van der Waals surface area contributed by atoms with Gasteiger partial charge in [-0.1, -0.05) is 35.3 Å². The van der Waals surface area contributed by atoms with Gasteiger partial charge in [-0.25, -0.2) is 0 Å². The highest BCUT2D eigenvalue weighted by molar-refractivity contribution is 6.32. The van der Waals surface area contributed by atoms with Crippen molar-refractivity contribution in [1.82, 2.24) is 0 Å². The number of hydrogen-bond acceptors (Lipinski definition) is 1. The molecule has 3 rings (SSSR count). The Labute approximate surface area is 139 Å². The van der Waals surface area contributed by atoms with E-state index < -0.39 is 0 Å². The number of alkyl halides is 1. The lowest BCUT2D eigenvalue weighted by molar-refractivity contribution is 0.474. The molecule has 0 amide bonds. The van der Waals surface area contributed by atoms with Crippen LogP contribution in [0.15, 0.2) is 30.3 Å². The molecule has 1 aliphatic rings. The maximum Gasteiger partial charge on any atom is 0.134 e. The monoisotopic (exact) mass is 340 g/mol. The van der Waals surface area contributed by atoms with Gasteiger partial charge in [0.15, 0.2) is 0 Å². The summed E-state index contributed by atoms with van der Waals surface area (Å²) in [7, 11) is 0. The zero-order chi connectivity index (χ0) is 15.1. The van der Waals surface area contributed by atoms with Crippen molar-refractivity contribution in [2.24, 2.45) is 0 Å². The molecule has 2 aromatic rings. The minimum absolute atomic E-state index is 0.0293. The van der Waals surface area contributed by atoms with E-state index in [1.165, 1.54) is 5.56 Å². The number of fused-ring (bicyclic) bond motifs is 1. The third-order valence-electron chi connectivity index (χ3n) is 4.11. The van der Waals surface area contributed by atoms with Crippen molar-refractivity contribution in [3.05, 3.63) is 62.6 Å². The molecular weight excluding hydrogens is 327 g/mol. The van der Waals surface area contributed by atoms with Crippen LogP contribution in [0.2, 0.25) is 10.0 Å². The normalized spacial score (nSPS) is 21.1. The van der Waals surface area contributed by atoms with E-state index >= 15 is 0 Å². The Kier molecular flexibility index (Phi) is 4.09. The van der Waals surface area contributed by atoms with Crippen molar-refractivity contribution >= 4 is 34.8 Å². The Morgan fingerprint density at radius 1 is 1.05 bits per heavy atom. The summed E-state index contributed by atoms with van der Waals surface area (Å²) in [5, 5.41) is 10.7. The number of hydrogen-bond donors (Lipinski definition) is 1. The zero-order valence-electron chi connectivity index (χ0n) is 11.5. The van der Waals surface area contributed by atoms with E-state index in [0.29, 0.717) is 5.02 Å². The number of phenolic OH excluding ortho intramolecular Hbond substituents is 1. The molecule has 1 N–H and O–H groups in total. The van der Waals surface area contributed by atoms with Crippen molar-refractivity contribution < 1.29 is 5.11 Å². The van der Waals surface area contributed by atoms with Crippen molar-refractivity contribution in [3.63, 3.8) is 0 Å². The van der Waals surface area contributed by atoms with Crippen molar-refractivity contribution in [1.29, 1.82) is 0 Å². The lowest BCUT2D eigenvalue weighted by Crippen LogP contribution is -2.24.